The summed E-state index contributed by atoms with van der Waals surface area (Å²) in [4.78, 5) is 16.0. The summed E-state index contributed by atoms with van der Waals surface area (Å²) < 4.78 is 10.4. The van der Waals surface area contributed by atoms with Gasteiger partial charge in [0.05, 0.1) is 7.11 Å². The lowest BCUT2D eigenvalue weighted by atomic mass is 9.94. The maximum absolute atomic E-state index is 12.0. The van der Waals surface area contributed by atoms with Crippen LogP contribution in [0.1, 0.15) is 83.0 Å². The molecule has 1 rings (SSSR count). The van der Waals surface area contributed by atoms with Crippen LogP contribution in [-0.2, 0) is 17.1 Å². The van der Waals surface area contributed by atoms with Gasteiger partial charge in [0, 0.05) is 6.07 Å². The van der Waals surface area contributed by atoms with Crippen molar-refractivity contribution in [3.05, 3.63) is 27.8 Å². The van der Waals surface area contributed by atoms with Crippen molar-refractivity contribution in [1.29, 1.82) is 0 Å². The summed E-state index contributed by atoms with van der Waals surface area (Å²) in [5.41, 5.74) is -1.84. The summed E-state index contributed by atoms with van der Waals surface area (Å²) in [5, 5.41) is 19.2. The van der Waals surface area contributed by atoms with Crippen molar-refractivity contribution in [1.82, 2.24) is 0 Å². The average Bonchev–Trinajstić information content (AvgIpc) is 2.58. The Morgan fingerprint density at radius 1 is 1.12 bits per heavy atom. The first-order valence-corrected chi connectivity index (χ1v) is 9.16. The van der Waals surface area contributed by atoms with Crippen molar-refractivity contribution in [2.45, 2.75) is 83.8 Å². The number of hydrogen-bond acceptors (Lipinski definition) is 6. The quantitative estimate of drug-likeness (QED) is 0.310. The Balaban J connectivity index is 2.57. The minimum atomic E-state index is -1.24. The van der Waals surface area contributed by atoms with Crippen LogP contribution in [0.2, 0.25) is 0 Å². The molecule has 0 unspecified atom stereocenters. The van der Waals surface area contributed by atoms with E-state index >= 15 is 0 Å². The van der Waals surface area contributed by atoms with Gasteiger partial charge in [-0.15, -0.1) is 0 Å². The number of unbranched alkanes of at least 4 members (excludes halogenated alkanes) is 7. The van der Waals surface area contributed by atoms with Crippen LogP contribution in [-0.4, -0.2) is 17.5 Å². The van der Waals surface area contributed by atoms with E-state index in [1.165, 1.54) is 45.3 Å². The van der Waals surface area contributed by atoms with E-state index in [9.17, 15) is 9.90 Å². The van der Waals surface area contributed by atoms with Gasteiger partial charge >= 0.3 is 5.63 Å². The molecule has 6 nitrogen and oxygen atoms in total. The molecule has 6 heteroatoms. The number of hydrogen-bond donors (Lipinski definition) is 2. The van der Waals surface area contributed by atoms with E-state index < -0.39 is 11.2 Å². The molecular weight excluding hydrogens is 324 g/mol. The highest BCUT2D eigenvalue weighted by atomic mass is 17.1. The van der Waals surface area contributed by atoms with Gasteiger partial charge < -0.3 is 14.3 Å². The van der Waals surface area contributed by atoms with Crippen LogP contribution >= 0.6 is 0 Å². The Labute approximate surface area is 149 Å². The summed E-state index contributed by atoms with van der Waals surface area (Å²) in [5.74, 6) is 0.399. The van der Waals surface area contributed by atoms with Gasteiger partial charge in [0.1, 0.15) is 29.3 Å². The lowest BCUT2D eigenvalue weighted by Gasteiger charge is -2.22. The van der Waals surface area contributed by atoms with E-state index in [4.69, 9.17) is 14.4 Å². The second-order valence-corrected chi connectivity index (χ2v) is 6.72. The molecule has 144 valence electrons. The van der Waals surface area contributed by atoms with E-state index in [0.29, 0.717) is 6.42 Å². The number of aliphatic hydroxyl groups is 1. The lowest BCUT2D eigenvalue weighted by Crippen LogP contribution is -2.24. The molecule has 0 saturated heterocycles. The van der Waals surface area contributed by atoms with Crippen molar-refractivity contribution >= 4 is 0 Å². The molecule has 0 aliphatic rings. The highest BCUT2D eigenvalue weighted by Gasteiger charge is 2.28. The molecule has 0 radical (unpaired) electrons. The van der Waals surface area contributed by atoms with Gasteiger partial charge in [0.15, 0.2) is 0 Å². The Bertz CT molecular complexity index is 549. The van der Waals surface area contributed by atoms with E-state index in [2.05, 4.69) is 11.8 Å². The molecule has 1 atom stereocenters. The van der Waals surface area contributed by atoms with Gasteiger partial charge in [-0.2, -0.15) is 0 Å². The molecule has 0 aromatic carbocycles. The van der Waals surface area contributed by atoms with Gasteiger partial charge in [-0.1, -0.05) is 58.3 Å². The highest BCUT2D eigenvalue weighted by Crippen LogP contribution is 2.30. The third kappa shape index (κ3) is 7.18. The van der Waals surface area contributed by atoms with Crippen LogP contribution in [0.25, 0.3) is 0 Å². The number of ether oxygens (including phenoxy) is 1. The van der Waals surface area contributed by atoms with Crippen molar-refractivity contribution in [3.63, 3.8) is 0 Å². The number of rotatable bonds is 13. The second-order valence-electron chi connectivity index (χ2n) is 6.72. The van der Waals surface area contributed by atoms with Gasteiger partial charge in [0.2, 0.25) is 0 Å². The van der Waals surface area contributed by atoms with Crippen molar-refractivity contribution in [2.24, 2.45) is 0 Å². The maximum atomic E-state index is 12.0. The molecule has 0 bridgehead atoms. The van der Waals surface area contributed by atoms with Gasteiger partial charge in [-0.25, -0.2) is 9.68 Å². The minimum Gasteiger partial charge on any atom is -0.496 e. The molecule has 1 aromatic rings. The summed E-state index contributed by atoms with van der Waals surface area (Å²) in [6.45, 7) is 3.51. The third-order valence-corrected chi connectivity index (χ3v) is 4.49. The predicted molar refractivity (Wildman–Crippen MR) is 95.7 cm³/mol. The largest absolute Gasteiger partial charge is 0.496 e. The van der Waals surface area contributed by atoms with Crippen molar-refractivity contribution in [2.75, 3.05) is 7.11 Å². The number of methoxy groups -OCH3 is 1. The molecule has 2 N–H and O–H groups in total. The van der Waals surface area contributed by atoms with Crippen LogP contribution in [0.4, 0.5) is 0 Å². The molecular formula is C19H32O6. The fraction of sp³-hybridized carbons (Fsp3) is 0.737. The standard InChI is InChI=1S/C19H32O6/c1-4-5-6-7-8-9-10-11-12-19(2,21)17-13-16(23-3)15(14-24-22)18(20)25-17/h13,21-22H,4-12,14H2,1-3H3/t19-/m0/s1. The molecule has 0 saturated carbocycles. The molecule has 0 fully saturated rings. The maximum Gasteiger partial charge on any atom is 0.345 e. The average molecular weight is 356 g/mol. The fourth-order valence-electron chi connectivity index (χ4n) is 2.87. The van der Waals surface area contributed by atoms with Crippen molar-refractivity contribution in [3.8, 4) is 5.75 Å². The normalized spacial score (nSPS) is 13.6. The molecule has 0 aliphatic carbocycles. The van der Waals surface area contributed by atoms with Gasteiger partial charge in [0.25, 0.3) is 0 Å². The predicted octanol–water partition coefficient (Wildman–Crippen LogP) is 4.38. The molecule has 0 spiro atoms. The summed E-state index contributed by atoms with van der Waals surface area (Å²) in [6, 6.07) is 1.49. The topological polar surface area (TPSA) is 89.1 Å². The summed E-state index contributed by atoms with van der Waals surface area (Å²) >= 11 is 0. The van der Waals surface area contributed by atoms with E-state index in [1.54, 1.807) is 6.92 Å². The third-order valence-electron chi connectivity index (χ3n) is 4.49. The first kappa shape index (κ1) is 21.7. The van der Waals surface area contributed by atoms with Gasteiger partial charge in [-0.3, -0.25) is 5.26 Å². The molecule has 1 aromatic heterocycles. The van der Waals surface area contributed by atoms with E-state index in [-0.39, 0.29) is 23.7 Å². The molecule has 0 amide bonds. The second kappa shape index (κ2) is 11.3. The van der Waals surface area contributed by atoms with Crippen LogP contribution in [0, 0.1) is 0 Å². The zero-order valence-corrected chi connectivity index (χ0v) is 15.7. The lowest BCUT2D eigenvalue weighted by molar-refractivity contribution is -0.253. The zero-order chi connectivity index (χ0) is 18.7. The Kier molecular flexibility index (Phi) is 9.78. The zero-order valence-electron chi connectivity index (χ0n) is 15.7. The molecule has 25 heavy (non-hydrogen) atoms. The SMILES string of the molecule is CCCCCCCCCC[C@](C)(O)c1cc(OC)c(COO)c(=O)o1. The highest BCUT2D eigenvalue weighted by molar-refractivity contribution is 5.32. The van der Waals surface area contributed by atoms with E-state index in [0.717, 1.165) is 19.3 Å². The monoisotopic (exact) mass is 356 g/mol. The Morgan fingerprint density at radius 3 is 2.28 bits per heavy atom. The van der Waals surface area contributed by atoms with Crippen LogP contribution in [0.3, 0.4) is 0 Å². The minimum absolute atomic E-state index is 0.0802. The first-order chi connectivity index (χ1) is 12.0. The van der Waals surface area contributed by atoms with Crippen LogP contribution in [0.5, 0.6) is 5.75 Å². The van der Waals surface area contributed by atoms with E-state index in [1.807, 2.05) is 0 Å². The smallest absolute Gasteiger partial charge is 0.345 e. The van der Waals surface area contributed by atoms with Crippen LogP contribution < -0.4 is 10.4 Å². The Morgan fingerprint density at radius 2 is 1.72 bits per heavy atom. The first-order valence-electron chi connectivity index (χ1n) is 9.16. The van der Waals surface area contributed by atoms with Gasteiger partial charge in [-0.05, 0) is 13.3 Å². The Hall–Kier alpha value is -1.37. The summed E-state index contributed by atoms with van der Waals surface area (Å²) in [6.07, 6.45) is 9.89. The van der Waals surface area contributed by atoms with Crippen LogP contribution in [0.15, 0.2) is 15.3 Å². The fourth-order valence-corrected chi connectivity index (χ4v) is 2.87. The summed E-state index contributed by atoms with van der Waals surface area (Å²) in [7, 11) is 1.41. The molecule has 1 heterocycles. The molecule has 0 aliphatic heterocycles. The van der Waals surface area contributed by atoms with Crippen molar-refractivity contribution < 1.29 is 24.4 Å².